The number of anilines is 1. The van der Waals surface area contributed by atoms with E-state index in [4.69, 9.17) is 0 Å². The molecular weight excluding hydrogens is 372 g/mol. The fraction of sp³-hybridized carbons (Fsp3) is 0.0400. The van der Waals surface area contributed by atoms with Crippen molar-refractivity contribution in [3.05, 3.63) is 109 Å². The van der Waals surface area contributed by atoms with Crippen LogP contribution in [0.1, 0.15) is 11.3 Å². The number of aldehydes is 1. The normalized spacial score (nSPS) is 16.1. The number of allylic oxidation sites excluding steroid dienone is 2. The van der Waals surface area contributed by atoms with Crippen LogP contribution in [0.5, 0.6) is 0 Å². The Balaban J connectivity index is 1.74. The third kappa shape index (κ3) is 3.16. The number of para-hydroxylation sites is 1. The van der Waals surface area contributed by atoms with Crippen LogP contribution in [0.15, 0.2) is 97.7 Å². The molecule has 0 radical (unpaired) electrons. The average Bonchev–Trinajstić information content (AvgIpc) is 2.84. The zero-order chi connectivity index (χ0) is 20.3. The van der Waals surface area contributed by atoms with Gasteiger partial charge in [0.1, 0.15) is 12.3 Å². The van der Waals surface area contributed by atoms with E-state index in [0.29, 0.717) is 0 Å². The van der Waals surface area contributed by atoms with Gasteiger partial charge in [-0.25, -0.2) is 0 Å². The minimum absolute atomic E-state index is 0.505. The second kappa shape index (κ2) is 7.72. The van der Waals surface area contributed by atoms with Gasteiger partial charge < -0.3 is 9.69 Å². The molecule has 5 rings (SSSR count). The summed E-state index contributed by atoms with van der Waals surface area (Å²) < 4.78 is 0. The first-order chi connectivity index (χ1) is 14.8. The van der Waals surface area contributed by atoms with Crippen molar-refractivity contribution in [2.24, 2.45) is 0 Å². The molecule has 0 amide bonds. The standard InChI is InChI=1S/C25H18N4O/c30-17-24-22(21-9-3-6-18-7-4-13-28-25(18)21)14-19(23-10-1-2-12-27-23)16-29(24)20-8-5-11-26-15-20/h1-17,24H. The average molecular weight is 390 g/mol. The lowest BCUT2D eigenvalue weighted by Gasteiger charge is -2.33. The highest BCUT2D eigenvalue weighted by molar-refractivity contribution is 6.03. The van der Waals surface area contributed by atoms with Gasteiger partial charge in [-0.3, -0.25) is 15.0 Å². The maximum atomic E-state index is 12.3. The summed E-state index contributed by atoms with van der Waals surface area (Å²) in [5.74, 6) is 0. The number of rotatable bonds is 4. The molecule has 1 aliphatic heterocycles. The van der Waals surface area contributed by atoms with Crippen molar-refractivity contribution >= 4 is 34.0 Å². The molecule has 0 bridgehead atoms. The highest BCUT2D eigenvalue weighted by Gasteiger charge is 2.28. The summed E-state index contributed by atoms with van der Waals surface area (Å²) in [5, 5.41) is 1.03. The summed E-state index contributed by atoms with van der Waals surface area (Å²) in [6.07, 6.45) is 12.0. The van der Waals surface area contributed by atoms with E-state index in [1.165, 1.54) is 0 Å². The summed E-state index contributed by atoms with van der Waals surface area (Å²) in [6.45, 7) is 0. The van der Waals surface area contributed by atoms with Crippen LogP contribution in [0.25, 0.3) is 22.0 Å². The molecule has 0 aliphatic carbocycles. The van der Waals surface area contributed by atoms with E-state index < -0.39 is 6.04 Å². The molecule has 0 N–H and O–H groups in total. The van der Waals surface area contributed by atoms with Crippen molar-refractivity contribution in [1.29, 1.82) is 0 Å². The quantitative estimate of drug-likeness (QED) is 0.479. The Labute approximate surface area is 174 Å². The van der Waals surface area contributed by atoms with E-state index in [1.54, 1.807) is 24.8 Å². The molecule has 1 unspecified atom stereocenters. The Morgan fingerprint density at radius 1 is 0.867 bits per heavy atom. The van der Waals surface area contributed by atoms with E-state index in [1.807, 2.05) is 77.8 Å². The zero-order valence-electron chi connectivity index (χ0n) is 16.1. The molecule has 1 aliphatic rings. The van der Waals surface area contributed by atoms with Gasteiger partial charge in [-0.15, -0.1) is 0 Å². The highest BCUT2D eigenvalue weighted by atomic mass is 16.1. The fourth-order valence-electron chi connectivity index (χ4n) is 3.80. The molecule has 0 fully saturated rings. The topological polar surface area (TPSA) is 59.0 Å². The molecule has 1 aromatic carbocycles. The summed E-state index contributed by atoms with van der Waals surface area (Å²) in [6, 6.07) is 19.1. The van der Waals surface area contributed by atoms with Crippen molar-refractivity contribution in [3.63, 3.8) is 0 Å². The van der Waals surface area contributed by atoms with Gasteiger partial charge in [0.05, 0.1) is 23.1 Å². The molecule has 5 nitrogen and oxygen atoms in total. The number of carbonyl (C=O) groups is 1. The number of aromatic nitrogens is 3. The number of pyridine rings is 3. The van der Waals surface area contributed by atoms with Gasteiger partial charge in [-0.05, 0) is 42.0 Å². The van der Waals surface area contributed by atoms with E-state index in [-0.39, 0.29) is 0 Å². The van der Waals surface area contributed by atoms with Crippen LogP contribution in [0.2, 0.25) is 0 Å². The van der Waals surface area contributed by atoms with Gasteiger partial charge in [0.25, 0.3) is 0 Å². The molecule has 0 saturated carbocycles. The highest BCUT2D eigenvalue weighted by Crippen LogP contribution is 2.36. The second-order valence-electron chi connectivity index (χ2n) is 6.98. The van der Waals surface area contributed by atoms with E-state index in [9.17, 15) is 4.79 Å². The van der Waals surface area contributed by atoms with Gasteiger partial charge in [0, 0.05) is 41.3 Å². The predicted molar refractivity (Wildman–Crippen MR) is 119 cm³/mol. The smallest absolute Gasteiger partial charge is 0.147 e. The maximum absolute atomic E-state index is 12.3. The lowest BCUT2D eigenvalue weighted by Crippen LogP contribution is -2.35. The molecule has 144 valence electrons. The van der Waals surface area contributed by atoms with Crippen LogP contribution in [-0.4, -0.2) is 27.3 Å². The summed E-state index contributed by atoms with van der Waals surface area (Å²) in [5.41, 5.74) is 5.26. The molecule has 0 saturated heterocycles. The van der Waals surface area contributed by atoms with Crippen LogP contribution < -0.4 is 4.90 Å². The first kappa shape index (κ1) is 17.9. The molecule has 0 spiro atoms. The summed E-state index contributed by atoms with van der Waals surface area (Å²) in [4.78, 5) is 27.6. The molecule has 4 heterocycles. The van der Waals surface area contributed by atoms with Crippen molar-refractivity contribution in [2.75, 3.05) is 4.90 Å². The first-order valence-electron chi connectivity index (χ1n) is 9.68. The Kier molecular flexibility index (Phi) is 4.62. The van der Waals surface area contributed by atoms with Gasteiger partial charge in [-0.2, -0.15) is 0 Å². The second-order valence-corrected chi connectivity index (χ2v) is 6.98. The van der Waals surface area contributed by atoms with Gasteiger partial charge in [0.2, 0.25) is 0 Å². The molecule has 4 aromatic rings. The van der Waals surface area contributed by atoms with Gasteiger partial charge in [0.15, 0.2) is 0 Å². The molecule has 30 heavy (non-hydrogen) atoms. The van der Waals surface area contributed by atoms with Gasteiger partial charge >= 0.3 is 0 Å². The van der Waals surface area contributed by atoms with Crippen molar-refractivity contribution in [3.8, 4) is 0 Å². The van der Waals surface area contributed by atoms with Gasteiger partial charge in [-0.1, -0.05) is 30.3 Å². The van der Waals surface area contributed by atoms with E-state index >= 15 is 0 Å². The van der Waals surface area contributed by atoms with E-state index in [2.05, 4.69) is 15.0 Å². The predicted octanol–water partition coefficient (Wildman–Crippen LogP) is 4.54. The van der Waals surface area contributed by atoms with Crippen molar-refractivity contribution in [1.82, 2.24) is 15.0 Å². The SMILES string of the molecule is O=CC1C(c2cccc3cccnc23)=CC(c2ccccn2)=CN1c1cccnc1. The van der Waals surface area contributed by atoms with Crippen LogP contribution in [0.4, 0.5) is 5.69 Å². The number of benzene rings is 1. The van der Waals surface area contributed by atoms with Crippen LogP contribution in [-0.2, 0) is 4.79 Å². The number of hydrogen-bond donors (Lipinski definition) is 0. The number of hydrogen-bond acceptors (Lipinski definition) is 5. The zero-order valence-corrected chi connectivity index (χ0v) is 16.1. The molecule has 5 heteroatoms. The Morgan fingerprint density at radius 2 is 1.73 bits per heavy atom. The van der Waals surface area contributed by atoms with Crippen LogP contribution in [0.3, 0.4) is 0 Å². The third-order valence-electron chi connectivity index (χ3n) is 5.18. The Hall–Kier alpha value is -4.12. The number of nitrogens with zero attached hydrogens (tertiary/aromatic N) is 4. The number of fused-ring (bicyclic) bond motifs is 1. The fourth-order valence-corrected chi connectivity index (χ4v) is 3.80. The van der Waals surface area contributed by atoms with Crippen molar-refractivity contribution < 1.29 is 4.79 Å². The lowest BCUT2D eigenvalue weighted by atomic mass is 9.90. The molecule has 3 aromatic heterocycles. The Morgan fingerprint density at radius 3 is 2.53 bits per heavy atom. The molecule has 1 atom stereocenters. The summed E-state index contributed by atoms with van der Waals surface area (Å²) >= 11 is 0. The summed E-state index contributed by atoms with van der Waals surface area (Å²) in [7, 11) is 0. The lowest BCUT2D eigenvalue weighted by molar-refractivity contribution is -0.107. The molecular formula is C25H18N4O. The largest absolute Gasteiger partial charge is 0.332 e. The van der Waals surface area contributed by atoms with Crippen LogP contribution >= 0.6 is 0 Å². The monoisotopic (exact) mass is 390 g/mol. The van der Waals surface area contributed by atoms with Crippen LogP contribution in [0, 0.1) is 0 Å². The third-order valence-corrected chi connectivity index (χ3v) is 5.18. The minimum Gasteiger partial charge on any atom is -0.332 e. The van der Waals surface area contributed by atoms with Crippen molar-refractivity contribution in [2.45, 2.75) is 6.04 Å². The minimum atomic E-state index is -0.505. The first-order valence-corrected chi connectivity index (χ1v) is 9.68. The van der Waals surface area contributed by atoms with E-state index in [0.717, 1.165) is 45.3 Å². The number of carbonyl (C=O) groups excluding carboxylic acids is 1. The maximum Gasteiger partial charge on any atom is 0.147 e. The Bertz CT molecular complexity index is 1260.